The largest absolute Gasteiger partial charge is 0.356 e. The highest BCUT2D eigenvalue weighted by Gasteiger charge is 2.56. The van der Waals surface area contributed by atoms with E-state index in [1.165, 1.54) is 12.1 Å². The molecule has 2 aliphatic rings. The summed E-state index contributed by atoms with van der Waals surface area (Å²) >= 11 is 3.52. The number of carbonyl (C=O) groups is 2. The van der Waals surface area contributed by atoms with E-state index in [1.807, 2.05) is 43.3 Å². The van der Waals surface area contributed by atoms with Crippen LogP contribution >= 0.6 is 15.9 Å². The number of H-pyrrole nitrogens is 1. The van der Waals surface area contributed by atoms with Gasteiger partial charge in [0.1, 0.15) is 5.82 Å². The highest BCUT2D eigenvalue weighted by Crippen LogP contribution is 2.48. The van der Waals surface area contributed by atoms with Crippen molar-refractivity contribution in [2.75, 3.05) is 19.6 Å². The second-order valence-electron chi connectivity index (χ2n) is 9.75. The number of carbonyl (C=O) groups excluding carboxylic acids is 2. The number of hydrogen-bond acceptors (Lipinski definition) is 2. The fraction of sp³-hybridized carbons (Fsp3) is 0.241. The van der Waals surface area contributed by atoms with Crippen LogP contribution in [0.1, 0.15) is 35.2 Å². The molecule has 0 radical (unpaired) electrons. The molecular formula is C29H25BrFN3O2. The molecular weight excluding hydrogens is 521 g/mol. The number of hydrogen-bond donors (Lipinski definition) is 1. The van der Waals surface area contributed by atoms with E-state index >= 15 is 0 Å². The maximum atomic E-state index is 14.1. The van der Waals surface area contributed by atoms with Crippen molar-refractivity contribution in [1.29, 1.82) is 0 Å². The number of piperazine rings is 1. The molecule has 2 aliphatic heterocycles. The molecule has 0 bridgehead atoms. The van der Waals surface area contributed by atoms with E-state index in [0.29, 0.717) is 19.5 Å². The Morgan fingerprint density at radius 3 is 2.61 bits per heavy atom. The minimum absolute atomic E-state index is 0.0202. The number of para-hydroxylation sites is 1. The van der Waals surface area contributed by atoms with Gasteiger partial charge in [0.25, 0.3) is 5.91 Å². The van der Waals surface area contributed by atoms with Crippen LogP contribution in [0.15, 0.2) is 77.3 Å². The van der Waals surface area contributed by atoms with E-state index < -0.39 is 5.54 Å². The van der Waals surface area contributed by atoms with Crippen LogP contribution in [0.2, 0.25) is 0 Å². The van der Waals surface area contributed by atoms with Gasteiger partial charge in [-0.15, -0.1) is 0 Å². The SMILES string of the molecule is CC12C(=O)N(CCc3cccc(F)c3)CC(=O)N1CC(c1ccc(Br)cc1)c1c2[nH]c2ccccc12. The Morgan fingerprint density at radius 1 is 1.06 bits per heavy atom. The lowest BCUT2D eigenvalue weighted by Gasteiger charge is -2.51. The fourth-order valence-corrected chi connectivity index (χ4v) is 6.07. The van der Waals surface area contributed by atoms with Crippen molar-refractivity contribution in [3.05, 3.63) is 105 Å². The average molecular weight is 546 g/mol. The van der Waals surface area contributed by atoms with Crippen LogP contribution in [-0.2, 0) is 21.5 Å². The summed E-state index contributed by atoms with van der Waals surface area (Å²) in [6.07, 6.45) is 0.480. The van der Waals surface area contributed by atoms with Gasteiger partial charge in [-0.25, -0.2) is 4.39 Å². The Balaban J connectivity index is 1.43. The standard InChI is InChI=1S/C29H25BrFN3O2/c1-29-27-26(22-7-2-3-8-24(22)32-27)23(19-9-11-20(30)12-10-19)16-34(29)25(35)17-33(28(29)36)14-13-18-5-4-6-21(31)15-18/h2-12,15,23,32H,13-14,16-17H2,1H3. The van der Waals surface area contributed by atoms with Crippen LogP contribution in [0, 0.1) is 5.82 Å². The molecule has 0 aliphatic carbocycles. The molecule has 36 heavy (non-hydrogen) atoms. The zero-order valence-electron chi connectivity index (χ0n) is 19.8. The van der Waals surface area contributed by atoms with Crippen LogP contribution in [0.5, 0.6) is 0 Å². The van der Waals surface area contributed by atoms with Crippen molar-refractivity contribution >= 4 is 38.6 Å². The minimum Gasteiger partial charge on any atom is -0.356 e. The Hall–Kier alpha value is -3.45. The van der Waals surface area contributed by atoms with Crippen LogP contribution in [-0.4, -0.2) is 46.2 Å². The smallest absolute Gasteiger partial charge is 0.254 e. The first-order chi connectivity index (χ1) is 17.4. The van der Waals surface area contributed by atoms with E-state index in [1.54, 1.807) is 15.9 Å². The van der Waals surface area contributed by atoms with Crippen molar-refractivity contribution in [1.82, 2.24) is 14.8 Å². The Labute approximate surface area is 217 Å². The number of benzene rings is 3. The van der Waals surface area contributed by atoms with E-state index in [0.717, 1.165) is 37.8 Å². The molecule has 3 aromatic carbocycles. The van der Waals surface area contributed by atoms with E-state index in [4.69, 9.17) is 0 Å². The van der Waals surface area contributed by atoms with Crippen molar-refractivity contribution in [3.8, 4) is 0 Å². The second kappa shape index (κ2) is 8.59. The molecule has 0 saturated carbocycles. The monoisotopic (exact) mass is 545 g/mol. The molecule has 182 valence electrons. The van der Waals surface area contributed by atoms with Gasteiger partial charge >= 0.3 is 0 Å². The highest BCUT2D eigenvalue weighted by atomic mass is 79.9. The number of aromatic nitrogens is 1. The zero-order valence-corrected chi connectivity index (χ0v) is 21.4. The number of halogens is 2. The summed E-state index contributed by atoms with van der Waals surface area (Å²) < 4.78 is 14.7. The summed E-state index contributed by atoms with van der Waals surface area (Å²) in [5.41, 5.74) is 3.55. The molecule has 1 saturated heterocycles. The van der Waals surface area contributed by atoms with E-state index in [2.05, 4.69) is 39.1 Å². The van der Waals surface area contributed by atoms with Gasteiger partial charge in [-0.1, -0.05) is 58.4 Å². The maximum Gasteiger partial charge on any atom is 0.254 e. The van der Waals surface area contributed by atoms with Gasteiger partial charge in [-0.2, -0.15) is 0 Å². The maximum absolute atomic E-state index is 14.1. The third-order valence-corrected chi connectivity index (χ3v) is 8.18. The number of rotatable bonds is 4. The summed E-state index contributed by atoms with van der Waals surface area (Å²) in [4.78, 5) is 34.5. The molecule has 5 nitrogen and oxygen atoms in total. The molecule has 2 unspecified atom stereocenters. The predicted octanol–water partition coefficient (Wildman–Crippen LogP) is 5.34. The van der Waals surface area contributed by atoms with Crippen molar-refractivity contribution in [3.63, 3.8) is 0 Å². The van der Waals surface area contributed by atoms with Crippen LogP contribution in [0.4, 0.5) is 4.39 Å². The first-order valence-electron chi connectivity index (χ1n) is 12.1. The lowest BCUT2D eigenvalue weighted by atomic mass is 9.76. The van der Waals surface area contributed by atoms with Crippen molar-refractivity contribution in [2.45, 2.75) is 24.8 Å². The van der Waals surface area contributed by atoms with Crippen molar-refractivity contribution < 1.29 is 14.0 Å². The molecule has 2 amide bonds. The molecule has 6 rings (SSSR count). The molecule has 0 spiro atoms. The quantitative estimate of drug-likeness (QED) is 0.376. The number of nitrogens with zero attached hydrogens (tertiary/aromatic N) is 2. The normalized spacial score (nSPS) is 21.6. The summed E-state index contributed by atoms with van der Waals surface area (Å²) in [7, 11) is 0. The van der Waals surface area contributed by atoms with Gasteiger partial charge in [0.2, 0.25) is 5.91 Å². The summed E-state index contributed by atoms with van der Waals surface area (Å²) in [5, 5.41) is 1.07. The minimum atomic E-state index is -1.14. The van der Waals surface area contributed by atoms with Gasteiger partial charge in [0, 0.05) is 34.4 Å². The van der Waals surface area contributed by atoms with Crippen LogP contribution < -0.4 is 0 Å². The predicted molar refractivity (Wildman–Crippen MR) is 140 cm³/mol. The fourth-order valence-electron chi connectivity index (χ4n) is 5.81. The van der Waals surface area contributed by atoms with Gasteiger partial charge in [0.15, 0.2) is 5.54 Å². The van der Waals surface area contributed by atoms with Gasteiger partial charge in [0.05, 0.1) is 12.2 Å². The molecule has 1 N–H and O–H groups in total. The molecule has 7 heteroatoms. The summed E-state index contributed by atoms with van der Waals surface area (Å²) in [5.74, 6) is -0.558. The molecule has 3 heterocycles. The first-order valence-corrected chi connectivity index (χ1v) is 12.9. The zero-order chi connectivity index (χ0) is 25.0. The van der Waals surface area contributed by atoms with E-state index in [-0.39, 0.29) is 30.1 Å². The number of nitrogens with one attached hydrogen (secondary N) is 1. The number of amides is 2. The van der Waals surface area contributed by atoms with Gasteiger partial charge < -0.3 is 14.8 Å². The first kappa shape index (κ1) is 23.0. The third-order valence-electron chi connectivity index (χ3n) is 7.65. The Kier molecular flexibility index (Phi) is 5.48. The lowest BCUT2D eigenvalue weighted by Crippen LogP contribution is -2.67. The third kappa shape index (κ3) is 3.56. The second-order valence-corrected chi connectivity index (χ2v) is 10.7. The highest BCUT2D eigenvalue weighted by molar-refractivity contribution is 9.10. The molecule has 1 aromatic heterocycles. The van der Waals surface area contributed by atoms with Crippen LogP contribution in [0.25, 0.3) is 10.9 Å². The van der Waals surface area contributed by atoms with Crippen LogP contribution in [0.3, 0.4) is 0 Å². The Morgan fingerprint density at radius 2 is 1.83 bits per heavy atom. The summed E-state index contributed by atoms with van der Waals surface area (Å²) in [6.45, 7) is 2.65. The molecule has 2 atom stereocenters. The average Bonchev–Trinajstić information content (AvgIpc) is 3.27. The topological polar surface area (TPSA) is 56.4 Å². The summed E-state index contributed by atoms with van der Waals surface area (Å²) in [6, 6.07) is 22.6. The van der Waals surface area contributed by atoms with Gasteiger partial charge in [-0.05, 0) is 60.4 Å². The van der Waals surface area contributed by atoms with Crippen molar-refractivity contribution in [2.24, 2.45) is 0 Å². The number of aromatic amines is 1. The Bertz CT molecular complexity index is 1500. The van der Waals surface area contributed by atoms with Gasteiger partial charge in [-0.3, -0.25) is 9.59 Å². The van der Waals surface area contributed by atoms with E-state index in [9.17, 15) is 14.0 Å². The molecule has 1 fully saturated rings. The number of fused-ring (bicyclic) bond motifs is 5. The molecule has 4 aromatic rings. The lowest BCUT2D eigenvalue weighted by molar-refractivity contribution is -0.166.